The number of amides is 1. The Hall–Kier alpha value is -0.810. The fourth-order valence-electron chi connectivity index (χ4n) is 3.06. The van der Waals surface area contributed by atoms with E-state index in [1.165, 1.54) is 12.8 Å². The molecule has 0 aromatic rings. The monoisotopic (exact) mass is 269 g/mol. The number of hydrogen-bond acceptors (Lipinski definition) is 4. The van der Waals surface area contributed by atoms with Crippen molar-refractivity contribution in [1.29, 1.82) is 0 Å². The number of nitrogens with two attached hydrogens (primary N) is 1. The second kappa shape index (κ2) is 6.57. The SMILES string of the molecule is CCCCOC(=O)N1CCC2(CCN(N)CC2)CC1. The summed E-state index contributed by atoms with van der Waals surface area (Å²) in [5.74, 6) is 5.82. The standard InChI is InChI=1S/C14H27N3O2/c1-2-3-12-19-13(18)16-8-4-14(5-9-16)6-10-17(15)11-7-14/h2-12,15H2,1H3. The molecule has 2 rings (SSSR count). The second-order valence-corrected chi connectivity index (χ2v) is 5.99. The first kappa shape index (κ1) is 14.6. The molecule has 1 spiro atoms. The molecule has 110 valence electrons. The molecule has 2 N–H and O–H groups in total. The molecule has 0 unspecified atom stereocenters. The lowest BCUT2D eigenvalue weighted by Crippen LogP contribution is -2.49. The fourth-order valence-corrected chi connectivity index (χ4v) is 3.06. The Kier molecular flexibility index (Phi) is 5.05. The average Bonchev–Trinajstić information content (AvgIpc) is 2.43. The molecular formula is C14H27N3O2. The average molecular weight is 269 g/mol. The Balaban J connectivity index is 1.74. The predicted octanol–water partition coefficient (Wildman–Crippen LogP) is 1.97. The molecule has 0 atom stereocenters. The van der Waals surface area contributed by atoms with Gasteiger partial charge in [0, 0.05) is 26.2 Å². The number of piperidine rings is 2. The normalized spacial score (nSPS) is 23.6. The summed E-state index contributed by atoms with van der Waals surface area (Å²) < 4.78 is 5.27. The van der Waals surface area contributed by atoms with E-state index in [-0.39, 0.29) is 6.09 Å². The largest absolute Gasteiger partial charge is 0.449 e. The number of hydrazine groups is 1. The van der Waals surface area contributed by atoms with Gasteiger partial charge in [0.1, 0.15) is 0 Å². The topological polar surface area (TPSA) is 58.8 Å². The van der Waals surface area contributed by atoms with E-state index in [1.54, 1.807) is 0 Å². The van der Waals surface area contributed by atoms with Gasteiger partial charge in [-0.05, 0) is 37.5 Å². The first-order chi connectivity index (χ1) is 9.15. The lowest BCUT2D eigenvalue weighted by molar-refractivity contribution is 0.0274. The van der Waals surface area contributed by atoms with Gasteiger partial charge in [-0.15, -0.1) is 0 Å². The van der Waals surface area contributed by atoms with Crippen molar-refractivity contribution in [1.82, 2.24) is 9.91 Å². The molecule has 0 radical (unpaired) electrons. The molecule has 0 aromatic carbocycles. The van der Waals surface area contributed by atoms with Crippen molar-refractivity contribution >= 4 is 6.09 Å². The van der Waals surface area contributed by atoms with Gasteiger partial charge in [-0.3, -0.25) is 5.84 Å². The molecule has 5 nitrogen and oxygen atoms in total. The predicted molar refractivity (Wildman–Crippen MR) is 74.5 cm³/mol. The van der Waals surface area contributed by atoms with Crippen LogP contribution < -0.4 is 5.84 Å². The number of nitrogens with zero attached hydrogens (tertiary/aromatic N) is 2. The first-order valence-corrected chi connectivity index (χ1v) is 7.56. The molecule has 1 amide bonds. The minimum atomic E-state index is -0.125. The summed E-state index contributed by atoms with van der Waals surface area (Å²) in [5, 5.41) is 1.91. The van der Waals surface area contributed by atoms with Crippen LogP contribution >= 0.6 is 0 Å². The zero-order valence-electron chi connectivity index (χ0n) is 12.1. The maximum absolute atomic E-state index is 11.9. The van der Waals surface area contributed by atoms with E-state index in [0.29, 0.717) is 12.0 Å². The van der Waals surface area contributed by atoms with Crippen molar-refractivity contribution < 1.29 is 9.53 Å². The van der Waals surface area contributed by atoms with Crippen LogP contribution in [-0.2, 0) is 4.74 Å². The van der Waals surface area contributed by atoms with Crippen molar-refractivity contribution in [3.05, 3.63) is 0 Å². The van der Waals surface area contributed by atoms with E-state index in [1.807, 2.05) is 9.91 Å². The van der Waals surface area contributed by atoms with E-state index in [9.17, 15) is 4.79 Å². The van der Waals surface area contributed by atoms with Gasteiger partial charge in [0.05, 0.1) is 6.61 Å². The second-order valence-electron chi connectivity index (χ2n) is 5.99. The maximum atomic E-state index is 11.9. The van der Waals surface area contributed by atoms with Crippen molar-refractivity contribution in [2.75, 3.05) is 32.8 Å². The van der Waals surface area contributed by atoms with Crippen LogP contribution in [0.15, 0.2) is 0 Å². The third-order valence-corrected chi connectivity index (χ3v) is 4.66. The van der Waals surface area contributed by atoms with Crippen LogP contribution in [0.5, 0.6) is 0 Å². The number of carbonyl (C=O) groups excluding carboxylic acids is 1. The zero-order chi connectivity index (χ0) is 13.7. The van der Waals surface area contributed by atoms with E-state index < -0.39 is 0 Å². The van der Waals surface area contributed by atoms with Crippen LogP contribution in [0.4, 0.5) is 4.79 Å². The maximum Gasteiger partial charge on any atom is 0.409 e. The highest BCUT2D eigenvalue weighted by molar-refractivity contribution is 5.67. The van der Waals surface area contributed by atoms with Gasteiger partial charge in [0.15, 0.2) is 0 Å². The van der Waals surface area contributed by atoms with E-state index in [4.69, 9.17) is 10.6 Å². The van der Waals surface area contributed by atoms with Crippen LogP contribution in [0.2, 0.25) is 0 Å². The van der Waals surface area contributed by atoms with E-state index >= 15 is 0 Å². The molecule has 2 saturated heterocycles. The molecular weight excluding hydrogens is 242 g/mol. The lowest BCUT2D eigenvalue weighted by atomic mass is 9.71. The minimum absolute atomic E-state index is 0.125. The van der Waals surface area contributed by atoms with Crippen LogP contribution in [0, 0.1) is 5.41 Å². The van der Waals surface area contributed by atoms with Crippen LogP contribution in [0.1, 0.15) is 45.4 Å². The van der Waals surface area contributed by atoms with E-state index in [2.05, 4.69) is 6.92 Å². The zero-order valence-corrected chi connectivity index (χ0v) is 12.1. The summed E-state index contributed by atoms with van der Waals surface area (Å²) in [5.41, 5.74) is 0.427. The number of rotatable bonds is 3. The molecule has 0 aromatic heterocycles. The van der Waals surface area contributed by atoms with Crippen molar-refractivity contribution in [3.8, 4) is 0 Å². The number of unbranched alkanes of at least 4 members (excludes halogenated alkanes) is 1. The Bertz CT molecular complexity index is 291. The van der Waals surface area contributed by atoms with Gasteiger partial charge in [-0.1, -0.05) is 13.3 Å². The van der Waals surface area contributed by atoms with E-state index in [0.717, 1.165) is 51.9 Å². The van der Waals surface area contributed by atoms with Gasteiger partial charge in [0.25, 0.3) is 0 Å². The lowest BCUT2D eigenvalue weighted by Gasteiger charge is -2.45. The molecule has 2 heterocycles. The molecule has 2 aliphatic rings. The summed E-state index contributed by atoms with van der Waals surface area (Å²) >= 11 is 0. The molecule has 0 bridgehead atoms. The van der Waals surface area contributed by atoms with Gasteiger partial charge >= 0.3 is 6.09 Å². The van der Waals surface area contributed by atoms with Crippen LogP contribution in [0.25, 0.3) is 0 Å². The van der Waals surface area contributed by atoms with Crippen molar-refractivity contribution in [2.45, 2.75) is 45.4 Å². The summed E-state index contributed by atoms with van der Waals surface area (Å²) in [7, 11) is 0. The van der Waals surface area contributed by atoms with Gasteiger partial charge in [-0.2, -0.15) is 0 Å². The summed E-state index contributed by atoms with van der Waals surface area (Å²) in [6.07, 6.45) is 6.43. The highest BCUT2D eigenvalue weighted by Gasteiger charge is 2.38. The third kappa shape index (κ3) is 3.83. The quantitative estimate of drug-likeness (QED) is 0.628. The van der Waals surface area contributed by atoms with Crippen LogP contribution in [0.3, 0.4) is 0 Å². The molecule has 0 aliphatic carbocycles. The molecule has 2 fully saturated rings. The first-order valence-electron chi connectivity index (χ1n) is 7.56. The number of carbonyl (C=O) groups is 1. The highest BCUT2D eigenvalue weighted by Crippen LogP contribution is 2.40. The summed E-state index contributed by atoms with van der Waals surface area (Å²) in [6.45, 7) is 6.31. The summed E-state index contributed by atoms with van der Waals surface area (Å²) in [6, 6.07) is 0. The Morgan fingerprint density at radius 2 is 1.74 bits per heavy atom. The molecule has 0 saturated carbocycles. The Morgan fingerprint density at radius 1 is 1.16 bits per heavy atom. The third-order valence-electron chi connectivity index (χ3n) is 4.66. The molecule has 5 heteroatoms. The van der Waals surface area contributed by atoms with Crippen LogP contribution in [-0.4, -0.2) is 48.8 Å². The number of ether oxygens (including phenoxy) is 1. The Labute approximate surface area is 116 Å². The number of hydrogen-bond donors (Lipinski definition) is 1. The minimum Gasteiger partial charge on any atom is -0.449 e. The highest BCUT2D eigenvalue weighted by atomic mass is 16.6. The van der Waals surface area contributed by atoms with Gasteiger partial charge in [0.2, 0.25) is 0 Å². The van der Waals surface area contributed by atoms with Gasteiger partial charge in [-0.25, -0.2) is 9.80 Å². The number of likely N-dealkylation sites (tertiary alicyclic amines) is 1. The van der Waals surface area contributed by atoms with Crippen molar-refractivity contribution in [2.24, 2.45) is 11.3 Å². The summed E-state index contributed by atoms with van der Waals surface area (Å²) in [4.78, 5) is 13.7. The van der Waals surface area contributed by atoms with Gasteiger partial charge < -0.3 is 9.64 Å². The fraction of sp³-hybridized carbons (Fsp3) is 0.929. The Morgan fingerprint density at radius 3 is 2.32 bits per heavy atom. The van der Waals surface area contributed by atoms with Crippen molar-refractivity contribution in [3.63, 3.8) is 0 Å². The molecule has 2 aliphatic heterocycles. The molecule has 19 heavy (non-hydrogen) atoms. The smallest absolute Gasteiger partial charge is 0.409 e.